The van der Waals surface area contributed by atoms with Crippen LogP contribution in [0.25, 0.3) is 33.3 Å². The van der Waals surface area contributed by atoms with Gasteiger partial charge >= 0.3 is 0 Å². The van der Waals surface area contributed by atoms with Crippen LogP contribution in [0.15, 0.2) is 84.9 Å². The van der Waals surface area contributed by atoms with Gasteiger partial charge in [0, 0.05) is 10.9 Å². The first-order chi connectivity index (χ1) is 11.3. The Bertz CT molecular complexity index is 954. The number of aryl methyl sites for hydroxylation is 1. The Kier molecular flexibility index (Phi) is 3.39. The van der Waals surface area contributed by atoms with E-state index in [1.54, 1.807) is 0 Å². The molecule has 0 bridgehead atoms. The molecule has 0 radical (unpaired) electrons. The average Bonchev–Trinajstić information content (AvgIpc) is 2.63. The molecule has 23 heavy (non-hydrogen) atoms. The molecule has 0 amide bonds. The summed E-state index contributed by atoms with van der Waals surface area (Å²) in [4.78, 5) is 4.81. The minimum Gasteiger partial charge on any atom is -0.248 e. The van der Waals surface area contributed by atoms with Gasteiger partial charge in [-0.15, -0.1) is 0 Å². The summed E-state index contributed by atoms with van der Waals surface area (Å²) in [5, 5.41) is 1.22. The molecule has 3 aromatic carbocycles. The molecule has 1 nitrogen and oxygen atoms in total. The van der Waals surface area contributed by atoms with Crippen molar-refractivity contribution in [2.24, 2.45) is 0 Å². The van der Waals surface area contributed by atoms with Crippen LogP contribution in [0.4, 0.5) is 0 Å². The molecule has 4 rings (SSSR count). The molecule has 0 aliphatic heterocycles. The van der Waals surface area contributed by atoms with Crippen LogP contribution in [0, 0.1) is 6.92 Å². The predicted molar refractivity (Wildman–Crippen MR) is 97.4 cm³/mol. The molecule has 0 saturated carbocycles. The monoisotopic (exact) mass is 295 g/mol. The van der Waals surface area contributed by atoms with Gasteiger partial charge in [0.25, 0.3) is 0 Å². The van der Waals surface area contributed by atoms with Gasteiger partial charge in [-0.3, -0.25) is 0 Å². The first kappa shape index (κ1) is 13.7. The van der Waals surface area contributed by atoms with Gasteiger partial charge in [0.05, 0.1) is 11.2 Å². The molecule has 0 saturated heterocycles. The highest BCUT2D eigenvalue weighted by Crippen LogP contribution is 2.26. The van der Waals surface area contributed by atoms with Crippen LogP contribution in [-0.4, -0.2) is 4.98 Å². The standard InChI is InChI=1S/C22H17N/c1-16-15-22(23-21-10-6-5-9-20(16)21)19-13-11-18(12-14-19)17-7-3-2-4-8-17/h2-15H,1H3. The van der Waals surface area contributed by atoms with E-state index in [1.807, 2.05) is 12.1 Å². The van der Waals surface area contributed by atoms with Crippen molar-refractivity contribution in [3.8, 4) is 22.4 Å². The van der Waals surface area contributed by atoms with Crippen LogP contribution in [0.3, 0.4) is 0 Å². The lowest BCUT2D eigenvalue weighted by Gasteiger charge is -2.08. The lowest BCUT2D eigenvalue weighted by Crippen LogP contribution is -1.88. The van der Waals surface area contributed by atoms with E-state index in [1.165, 1.54) is 22.1 Å². The van der Waals surface area contributed by atoms with Crippen molar-refractivity contribution in [3.05, 3.63) is 90.5 Å². The Morgan fingerprint density at radius 1 is 0.609 bits per heavy atom. The molecule has 1 aromatic heterocycles. The minimum atomic E-state index is 1.03. The maximum absolute atomic E-state index is 4.81. The van der Waals surface area contributed by atoms with Crippen LogP contribution in [0.2, 0.25) is 0 Å². The van der Waals surface area contributed by atoms with Crippen molar-refractivity contribution >= 4 is 10.9 Å². The van der Waals surface area contributed by atoms with Crippen molar-refractivity contribution in [2.45, 2.75) is 6.92 Å². The second-order valence-corrected chi connectivity index (χ2v) is 5.78. The summed E-state index contributed by atoms with van der Waals surface area (Å²) >= 11 is 0. The van der Waals surface area contributed by atoms with E-state index >= 15 is 0 Å². The number of benzene rings is 3. The quantitative estimate of drug-likeness (QED) is 0.450. The Hall–Kier alpha value is -2.93. The highest BCUT2D eigenvalue weighted by atomic mass is 14.7. The Morgan fingerprint density at radius 2 is 1.22 bits per heavy atom. The maximum Gasteiger partial charge on any atom is 0.0712 e. The molecule has 1 heterocycles. The predicted octanol–water partition coefficient (Wildman–Crippen LogP) is 5.88. The van der Waals surface area contributed by atoms with Gasteiger partial charge in [0.2, 0.25) is 0 Å². The molecule has 1 heteroatoms. The third kappa shape index (κ3) is 2.62. The van der Waals surface area contributed by atoms with Crippen molar-refractivity contribution in [3.63, 3.8) is 0 Å². The zero-order chi connectivity index (χ0) is 15.6. The Morgan fingerprint density at radius 3 is 2.00 bits per heavy atom. The van der Waals surface area contributed by atoms with Crippen molar-refractivity contribution in [1.82, 2.24) is 4.98 Å². The van der Waals surface area contributed by atoms with Crippen molar-refractivity contribution in [1.29, 1.82) is 0 Å². The van der Waals surface area contributed by atoms with E-state index in [2.05, 4.69) is 79.7 Å². The summed E-state index contributed by atoms with van der Waals surface area (Å²) in [7, 11) is 0. The number of hydrogen-bond acceptors (Lipinski definition) is 1. The molecule has 0 aliphatic carbocycles. The fourth-order valence-electron chi connectivity index (χ4n) is 2.96. The number of fused-ring (bicyclic) bond motifs is 1. The van der Waals surface area contributed by atoms with Gasteiger partial charge in [0.15, 0.2) is 0 Å². The number of nitrogens with zero attached hydrogens (tertiary/aromatic N) is 1. The van der Waals surface area contributed by atoms with Gasteiger partial charge < -0.3 is 0 Å². The average molecular weight is 295 g/mol. The van der Waals surface area contributed by atoms with Gasteiger partial charge in [-0.25, -0.2) is 4.98 Å². The number of para-hydroxylation sites is 1. The highest BCUT2D eigenvalue weighted by molar-refractivity contribution is 5.85. The second-order valence-electron chi connectivity index (χ2n) is 5.78. The van der Waals surface area contributed by atoms with Crippen LogP contribution in [0.1, 0.15) is 5.56 Å². The number of pyridine rings is 1. The van der Waals surface area contributed by atoms with E-state index in [0.29, 0.717) is 0 Å². The van der Waals surface area contributed by atoms with Gasteiger partial charge in [-0.1, -0.05) is 72.8 Å². The lowest BCUT2D eigenvalue weighted by molar-refractivity contribution is 1.36. The number of rotatable bonds is 2. The molecule has 0 unspecified atom stereocenters. The Balaban J connectivity index is 1.76. The number of aromatic nitrogens is 1. The summed E-state index contributed by atoms with van der Waals surface area (Å²) in [5.41, 5.74) is 6.96. The molecule has 0 spiro atoms. The van der Waals surface area contributed by atoms with Crippen LogP contribution in [-0.2, 0) is 0 Å². The molecular formula is C22H17N. The summed E-state index contributed by atoms with van der Waals surface area (Å²) < 4.78 is 0. The van der Waals surface area contributed by atoms with Crippen molar-refractivity contribution < 1.29 is 0 Å². The summed E-state index contributed by atoms with van der Waals surface area (Å²) in [5.74, 6) is 0. The van der Waals surface area contributed by atoms with E-state index in [-0.39, 0.29) is 0 Å². The minimum absolute atomic E-state index is 1.03. The number of hydrogen-bond donors (Lipinski definition) is 0. The molecule has 110 valence electrons. The van der Waals surface area contributed by atoms with E-state index in [4.69, 9.17) is 4.98 Å². The zero-order valence-corrected chi connectivity index (χ0v) is 13.0. The first-order valence-corrected chi connectivity index (χ1v) is 7.83. The SMILES string of the molecule is Cc1cc(-c2ccc(-c3ccccc3)cc2)nc2ccccc12. The van der Waals surface area contributed by atoms with E-state index in [9.17, 15) is 0 Å². The third-order valence-corrected chi connectivity index (χ3v) is 4.21. The highest BCUT2D eigenvalue weighted by Gasteiger charge is 2.05. The third-order valence-electron chi connectivity index (χ3n) is 4.21. The largest absolute Gasteiger partial charge is 0.248 e. The van der Waals surface area contributed by atoms with Gasteiger partial charge in [0.1, 0.15) is 0 Å². The molecule has 0 atom stereocenters. The molecule has 0 aliphatic rings. The van der Waals surface area contributed by atoms with Crippen LogP contribution < -0.4 is 0 Å². The molecule has 4 aromatic rings. The first-order valence-electron chi connectivity index (χ1n) is 7.83. The van der Waals surface area contributed by atoms with Crippen LogP contribution >= 0.6 is 0 Å². The lowest BCUT2D eigenvalue weighted by atomic mass is 10.0. The van der Waals surface area contributed by atoms with Crippen LogP contribution in [0.5, 0.6) is 0 Å². The topological polar surface area (TPSA) is 12.9 Å². The molecular weight excluding hydrogens is 278 g/mol. The molecule has 0 N–H and O–H groups in total. The van der Waals surface area contributed by atoms with Gasteiger partial charge in [-0.2, -0.15) is 0 Å². The summed E-state index contributed by atoms with van der Waals surface area (Å²) in [6.45, 7) is 2.14. The fraction of sp³-hybridized carbons (Fsp3) is 0.0455. The summed E-state index contributed by atoms with van der Waals surface area (Å²) in [6, 6.07) is 29.5. The maximum atomic E-state index is 4.81. The second kappa shape index (κ2) is 5.69. The van der Waals surface area contributed by atoms with Crippen molar-refractivity contribution in [2.75, 3.05) is 0 Å². The zero-order valence-electron chi connectivity index (χ0n) is 13.0. The Labute approximate surface area is 136 Å². The smallest absolute Gasteiger partial charge is 0.0712 e. The normalized spacial score (nSPS) is 10.8. The van der Waals surface area contributed by atoms with Gasteiger partial charge in [-0.05, 0) is 35.7 Å². The molecule has 0 fully saturated rings. The fourth-order valence-corrected chi connectivity index (χ4v) is 2.96. The van der Waals surface area contributed by atoms with E-state index in [0.717, 1.165) is 16.8 Å². The van der Waals surface area contributed by atoms with E-state index < -0.39 is 0 Å². The summed E-state index contributed by atoms with van der Waals surface area (Å²) in [6.07, 6.45) is 0.